The van der Waals surface area contributed by atoms with Crippen molar-refractivity contribution < 1.29 is 9.59 Å². The van der Waals surface area contributed by atoms with Crippen LogP contribution in [-0.2, 0) is 9.59 Å². The van der Waals surface area contributed by atoms with Gasteiger partial charge < -0.3 is 4.90 Å². The summed E-state index contributed by atoms with van der Waals surface area (Å²) < 4.78 is 0. The van der Waals surface area contributed by atoms with Crippen LogP contribution in [0.4, 0.5) is 5.69 Å². The first-order chi connectivity index (χ1) is 14.4. The summed E-state index contributed by atoms with van der Waals surface area (Å²) in [5.74, 6) is 2.24. The van der Waals surface area contributed by atoms with Gasteiger partial charge in [-0.2, -0.15) is 0 Å². The van der Waals surface area contributed by atoms with Crippen LogP contribution >= 0.6 is 11.8 Å². The Hall–Kier alpha value is -2.15. The average molecular weight is 427 g/mol. The van der Waals surface area contributed by atoms with Crippen LogP contribution in [0.3, 0.4) is 0 Å². The van der Waals surface area contributed by atoms with Crippen molar-refractivity contribution >= 4 is 40.3 Å². The molecule has 2 amide bonds. The maximum Gasteiger partial charge on any atom is 0.259 e. The molecule has 7 heteroatoms. The van der Waals surface area contributed by atoms with Gasteiger partial charge in [-0.15, -0.1) is 0 Å². The third-order valence-corrected chi connectivity index (χ3v) is 7.15. The van der Waals surface area contributed by atoms with E-state index in [-0.39, 0.29) is 29.5 Å². The minimum atomic E-state index is -0.388. The van der Waals surface area contributed by atoms with Crippen LogP contribution in [0, 0.1) is 17.8 Å². The molecule has 0 unspecified atom stereocenters. The Balaban J connectivity index is 1.56. The third-order valence-electron chi connectivity index (χ3n) is 6.23. The number of hydrogen-bond acceptors (Lipinski definition) is 5. The Morgan fingerprint density at radius 2 is 1.93 bits per heavy atom. The second-order valence-corrected chi connectivity index (χ2v) is 9.84. The number of amidine groups is 2. The fraction of sp³-hybridized carbons (Fsp3) is 0.565. The van der Waals surface area contributed by atoms with Crippen molar-refractivity contribution in [2.45, 2.75) is 46.6 Å². The number of likely N-dealkylation sites (tertiary alicyclic amines) is 1. The summed E-state index contributed by atoms with van der Waals surface area (Å²) in [4.78, 5) is 39.2. The third kappa shape index (κ3) is 3.92. The highest BCUT2D eigenvalue weighted by atomic mass is 32.2. The van der Waals surface area contributed by atoms with E-state index in [9.17, 15) is 9.59 Å². The van der Waals surface area contributed by atoms with Crippen molar-refractivity contribution in [3.05, 3.63) is 29.8 Å². The fourth-order valence-corrected chi connectivity index (χ4v) is 5.45. The van der Waals surface area contributed by atoms with Crippen LogP contribution in [0.15, 0.2) is 34.3 Å². The van der Waals surface area contributed by atoms with Gasteiger partial charge in [0.1, 0.15) is 11.9 Å². The van der Waals surface area contributed by atoms with Gasteiger partial charge in [-0.1, -0.05) is 58.0 Å². The van der Waals surface area contributed by atoms with Crippen molar-refractivity contribution in [1.29, 1.82) is 0 Å². The normalized spacial score (nSPS) is 26.7. The van der Waals surface area contributed by atoms with Gasteiger partial charge in [-0.25, -0.2) is 9.89 Å². The van der Waals surface area contributed by atoms with Gasteiger partial charge in [-0.05, 0) is 36.3 Å². The molecule has 30 heavy (non-hydrogen) atoms. The Bertz CT molecular complexity index is 902. The van der Waals surface area contributed by atoms with E-state index in [1.54, 1.807) is 4.90 Å². The zero-order valence-electron chi connectivity index (χ0n) is 18.2. The first-order valence-corrected chi connectivity index (χ1v) is 11.9. The molecule has 1 aromatic rings. The zero-order chi connectivity index (χ0) is 21.4. The highest BCUT2D eigenvalue weighted by Crippen LogP contribution is 2.35. The van der Waals surface area contributed by atoms with Crippen LogP contribution in [0.5, 0.6) is 0 Å². The summed E-state index contributed by atoms with van der Waals surface area (Å²) >= 11 is 1.35. The summed E-state index contributed by atoms with van der Waals surface area (Å²) in [6.45, 7) is 10.2. The molecule has 1 aromatic carbocycles. The summed E-state index contributed by atoms with van der Waals surface area (Å²) in [6.07, 6.45) is 2.05. The van der Waals surface area contributed by atoms with E-state index in [1.165, 1.54) is 18.2 Å². The zero-order valence-corrected chi connectivity index (χ0v) is 19.0. The van der Waals surface area contributed by atoms with Gasteiger partial charge in [-0.3, -0.25) is 14.6 Å². The van der Waals surface area contributed by atoms with Crippen molar-refractivity contribution in [1.82, 2.24) is 9.80 Å². The SMILES string of the molecule is CC[C@H](C)[C@@H]1N=C2c3ccccc3N=C(SCC(=O)N3C[C@H](C)C[C@H](C)C3)N2C1=O. The molecule has 3 aliphatic rings. The minimum absolute atomic E-state index is 0.0345. The van der Waals surface area contributed by atoms with Gasteiger partial charge in [0, 0.05) is 18.7 Å². The average Bonchev–Trinajstić information content (AvgIpc) is 3.08. The standard InChI is InChI=1S/C23H30N4O2S/c1-5-16(4)20-22(29)27-21(25-20)17-8-6-7-9-18(17)24-23(27)30-13-19(28)26-11-14(2)10-15(3)12-26/h6-9,14-16,20H,5,10-13H2,1-4H3/t14-,15+,16-,20-/m0/s1. The molecule has 3 aliphatic heterocycles. The maximum atomic E-state index is 13.2. The van der Waals surface area contributed by atoms with Gasteiger partial charge in [0.2, 0.25) is 5.91 Å². The number of piperidine rings is 1. The minimum Gasteiger partial charge on any atom is -0.341 e. The number of aliphatic imine (C=N–C) groups is 2. The molecule has 0 aliphatic carbocycles. The monoisotopic (exact) mass is 426 g/mol. The topological polar surface area (TPSA) is 65.3 Å². The molecule has 0 radical (unpaired) electrons. The van der Waals surface area contributed by atoms with Gasteiger partial charge >= 0.3 is 0 Å². The number of fused-ring (bicyclic) bond motifs is 3. The maximum absolute atomic E-state index is 13.2. The molecular weight excluding hydrogens is 396 g/mol. The number of para-hydroxylation sites is 1. The van der Waals surface area contributed by atoms with Crippen LogP contribution in [0.25, 0.3) is 0 Å². The molecule has 4 rings (SSSR count). The first kappa shape index (κ1) is 21.1. The molecule has 3 heterocycles. The number of amides is 2. The number of rotatable bonds is 4. The molecule has 1 fully saturated rings. The lowest BCUT2D eigenvalue weighted by Gasteiger charge is -2.35. The first-order valence-electron chi connectivity index (χ1n) is 10.9. The van der Waals surface area contributed by atoms with E-state index in [0.29, 0.717) is 22.8 Å². The number of nitrogens with zero attached hydrogens (tertiary/aromatic N) is 4. The molecule has 6 nitrogen and oxygen atoms in total. The highest BCUT2D eigenvalue weighted by molar-refractivity contribution is 8.14. The van der Waals surface area contributed by atoms with Crippen LogP contribution in [-0.4, -0.2) is 57.5 Å². The molecule has 160 valence electrons. The van der Waals surface area contributed by atoms with Crippen molar-refractivity contribution in [2.75, 3.05) is 18.8 Å². The van der Waals surface area contributed by atoms with Gasteiger partial charge in [0.15, 0.2) is 5.17 Å². The quantitative estimate of drug-likeness (QED) is 0.733. The van der Waals surface area contributed by atoms with Crippen molar-refractivity contribution in [2.24, 2.45) is 27.7 Å². The van der Waals surface area contributed by atoms with E-state index in [0.717, 1.165) is 30.8 Å². The van der Waals surface area contributed by atoms with Gasteiger partial charge in [0.25, 0.3) is 5.91 Å². The Labute approximate surface area is 182 Å². The van der Waals surface area contributed by atoms with Crippen molar-refractivity contribution in [3.63, 3.8) is 0 Å². The molecule has 0 aromatic heterocycles. The van der Waals surface area contributed by atoms with E-state index in [4.69, 9.17) is 9.98 Å². The Morgan fingerprint density at radius 1 is 1.23 bits per heavy atom. The molecule has 0 N–H and O–H groups in total. The molecular formula is C23H30N4O2S. The number of carbonyl (C=O) groups is 2. The molecule has 0 bridgehead atoms. The lowest BCUT2D eigenvalue weighted by molar-refractivity contribution is -0.131. The molecule has 0 spiro atoms. The lowest BCUT2D eigenvalue weighted by Crippen LogP contribution is -2.45. The van der Waals surface area contributed by atoms with Crippen molar-refractivity contribution in [3.8, 4) is 0 Å². The van der Waals surface area contributed by atoms with Crippen LogP contribution in [0.2, 0.25) is 0 Å². The highest BCUT2D eigenvalue weighted by Gasteiger charge is 2.43. The Morgan fingerprint density at radius 3 is 2.63 bits per heavy atom. The lowest BCUT2D eigenvalue weighted by atomic mass is 9.92. The second-order valence-electron chi connectivity index (χ2n) is 8.90. The number of benzene rings is 1. The van der Waals surface area contributed by atoms with Crippen LogP contribution < -0.4 is 0 Å². The van der Waals surface area contributed by atoms with E-state index >= 15 is 0 Å². The van der Waals surface area contributed by atoms with E-state index in [2.05, 4.69) is 27.7 Å². The molecule has 1 saturated heterocycles. The summed E-state index contributed by atoms with van der Waals surface area (Å²) in [7, 11) is 0. The fourth-order valence-electron chi connectivity index (χ4n) is 4.54. The summed E-state index contributed by atoms with van der Waals surface area (Å²) in [6, 6.07) is 7.38. The van der Waals surface area contributed by atoms with Gasteiger partial charge in [0.05, 0.1) is 11.4 Å². The van der Waals surface area contributed by atoms with E-state index < -0.39 is 0 Å². The Kier molecular flexibility index (Phi) is 6.00. The predicted molar refractivity (Wildman–Crippen MR) is 122 cm³/mol. The summed E-state index contributed by atoms with van der Waals surface area (Å²) in [5.41, 5.74) is 1.69. The molecule has 0 saturated carbocycles. The van der Waals surface area contributed by atoms with E-state index in [1.807, 2.05) is 29.2 Å². The van der Waals surface area contributed by atoms with Crippen LogP contribution in [0.1, 0.15) is 46.1 Å². The second kappa shape index (κ2) is 8.53. The number of thioether (sulfide) groups is 1. The smallest absolute Gasteiger partial charge is 0.259 e. The molecule has 4 atom stereocenters. The predicted octanol–water partition coefficient (Wildman–Crippen LogP) is 3.93. The number of hydrogen-bond donors (Lipinski definition) is 0. The summed E-state index contributed by atoms with van der Waals surface area (Å²) in [5, 5.41) is 0.565. The number of carbonyl (C=O) groups excluding carboxylic acids is 2. The largest absolute Gasteiger partial charge is 0.341 e.